The molecule has 2 aromatic carbocycles. The molecule has 1 aliphatic heterocycles. The number of para-hydroxylation sites is 1. The fraction of sp³-hybridized carbons (Fsp3) is 0.286. The van der Waals surface area contributed by atoms with Gasteiger partial charge in [0.25, 0.3) is 0 Å². The van der Waals surface area contributed by atoms with Gasteiger partial charge in [0.1, 0.15) is 5.75 Å². The molecule has 7 heteroatoms. The van der Waals surface area contributed by atoms with Crippen LogP contribution >= 0.6 is 0 Å². The van der Waals surface area contributed by atoms with E-state index in [1.807, 2.05) is 30.3 Å². The van der Waals surface area contributed by atoms with Gasteiger partial charge in [-0.2, -0.15) is 0 Å². The van der Waals surface area contributed by atoms with E-state index in [-0.39, 0.29) is 24.2 Å². The van der Waals surface area contributed by atoms with E-state index in [1.165, 1.54) is 0 Å². The predicted molar refractivity (Wildman–Crippen MR) is 103 cm³/mol. The van der Waals surface area contributed by atoms with Crippen LogP contribution in [-0.2, 0) is 27.3 Å². The van der Waals surface area contributed by atoms with E-state index in [0.29, 0.717) is 25.1 Å². The Bertz CT molecular complexity index is 881. The Morgan fingerprint density at radius 3 is 2.82 bits per heavy atom. The number of aliphatic carboxylic acids is 1. The summed E-state index contributed by atoms with van der Waals surface area (Å²) >= 11 is 0. The van der Waals surface area contributed by atoms with Crippen LogP contribution in [0.5, 0.6) is 5.75 Å². The average Bonchev–Trinajstić information content (AvgIpc) is 2.69. The highest BCUT2D eigenvalue weighted by Gasteiger charge is 2.26. The second-order valence-corrected chi connectivity index (χ2v) is 6.69. The van der Waals surface area contributed by atoms with Gasteiger partial charge in [0.2, 0.25) is 11.8 Å². The topological polar surface area (TPSA) is 105 Å². The Morgan fingerprint density at radius 1 is 1.18 bits per heavy atom. The number of carboxylic acid groups (broad SMARTS) is 1. The van der Waals surface area contributed by atoms with Gasteiger partial charge in [-0.05, 0) is 42.2 Å². The van der Waals surface area contributed by atoms with Gasteiger partial charge in [-0.25, -0.2) is 4.79 Å². The first kappa shape index (κ1) is 19.4. The molecule has 2 aromatic rings. The number of carboxylic acids is 1. The summed E-state index contributed by atoms with van der Waals surface area (Å²) in [7, 11) is 0. The fourth-order valence-corrected chi connectivity index (χ4v) is 3.13. The summed E-state index contributed by atoms with van der Waals surface area (Å²) in [4.78, 5) is 34.9. The first-order valence-corrected chi connectivity index (χ1v) is 9.10. The SMILES string of the molecule is O=C(O)COc1cccc(CNC(=O)CCC2Cc3ccccc3NC2=O)c1. The minimum Gasteiger partial charge on any atom is -0.482 e. The Balaban J connectivity index is 1.46. The van der Waals surface area contributed by atoms with Crippen molar-refractivity contribution in [3.63, 3.8) is 0 Å². The molecule has 0 aromatic heterocycles. The summed E-state index contributed by atoms with van der Waals surface area (Å²) in [6.07, 6.45) is 1.38. The molecule has 0 fully saturated rings. The minimum absolute atomic E-state index is 0.0465. The number of amides is 2. The van der Waals surface area contributed by atoms with Gasteiger partial charge in [-0.3, -0.25) is 9.59 Å². The monoisotopic (exact) mass is 382 g/mol. The first-order valence-electron chi connectivity index (χ1n) is 9.10. The molecule has 1 unspecified atom stereocenters. The number of ether oxygens (including phenoxy) is 1. The van der Waals surface area contributed by atoms with Crippen LogP contribution in [0.4, 0.5) is 5.69 Å². The molecule has 3 N–H and O–H groups in total. The molecule has 1 aliphatic rings. The van der Waals surface area contributed by atoms with Crippen molar-refractivity contribution in [1.29, 1.82) is 0 Å². The molecule has 3 rings (SSSR count). The number of rotatable bonds is 8. The Hall–Kier alpha value is -3.35. The number of anilines is 1. The molecule has 0 saturated carbocycles. The van der Waals surface area contributed by atoms with Crippen molar-refractivity contribution in [3.8, 4) is 5.75 Å². The van der Waals surface area contributed by atoms with Gasteiger partial charge in [-0.15, -0.1) is 0 Å². The van der Waals surface area contributed by atoms with Gasteiger partial charge < -0.3 is 20.5 Å². The number of fused-ring (bicyclic) bond motifs is 1. The highest BCUT2D eigenvalue weighted by Crippen LogP contribution is 2.27. The van der Waals surface area contributed by atoms with E-state index in [2.05, 4.69) is 10.6 Å². The van der Waals surface area contributed by atoms with Crippen LogP contribution < -0.4 is 15.4 Å². The molecule has 0 bridgehead atoms. The third-order valence-electron chi connectivity index (χ3n) is 4.58. The van der Waals surface area contributed by atoms with Crippen LogP contribution in [0.1, 0.15) is 24.0 Å². The van der Waals surface area contributed by atoms with Crippen molar-refractivity contribution in [2.75, 3.05) is 11.9 Å². The van der Waals surface area contributed by atoms with Crippen molar-refractivity contribution >= 4 is 23.5 Å². The Morgan fingerprint density at radius 2 is 2.00 bits per heavy atom. The van der Waals surface area contributed by atoms with Crippen molar-refractivity contribution in [2.24, 2.45) is 5.92 Å². The summed E-state index contributed by atoms with van der Waals surface area (Å²) in [6.45, 7) is -0.106. The Kier molecular flexibility index (Phi) is 6.26. The number of carbonyl (C=O) groups excluding carboxylic acids is 2. The van der Waals surface area contributed by atoms with E-state index in [0.717, 1.165) is 16.8 Å². The van der Waals surface area contributed by atoms with Crippen LogP contribution in [0.15, 0.2) is 48.5 Å². The number of benzene rings is 2. The van der Waals surface area contributed by atoms with Crippen molar-refractivity contribution in [3.05, 3.63) is 59.7 Å². The van der Waals surface area contributed by atoms with E-state index in [1.54, 1.807) is 18.2 Å². The molecule has 0 radical (unpaired) electrons. The summed E-state index contributed by atoms with van der Waals surface area (Å²) in [5.41, 5.74) is 2.74. The van der Waals surface area contributed by atoms with Crippen LogP contribution in [0.2, 0.25) is 0 Å². The second kappa shape index (κ2) is 9.03. The molecular weight excluding hydrogens is 360 g/mol. The molecule has 28 heavy (non-hydrogen) atoms. The van der Waals surface area contributed by atoms with Crippen LogP contribution in [-0.4, -0.2) is 29.5 Å². The van der Waals surface area contributed by atoms with Gasteiger partial charge in [-0.1, -0.05) is 30.3 Å². The fourth-order valence-electron chi connectivity index (χ4n) is 3.13. The van der Waals surface area contributed by atoms with Crippen LogP contribution in [0.25, 0.3) is 0 Å². The lowest BCUT2D eigenvalue weighted by atomic mass is 9.89. The summed E-state index contributed by atoms with van der Waals surface area (Å²) in [6, 6.07) is 14.6. The zero-order chi connectivity index (χ0) is 19.9. The standard InChI is InChI=1S/C21H22N2O5/c24-19(22-12-14-4-3-6-17(10-14)28-13-20(25)26)9-8-16-11-15-5-1-2-7-18(15)23-21(16)27/h1-7,10,16H,8-9,11-13H2,(H,22,24)(H,23,27)(H,25,26). The maximum Gasteiger partial charge on any atom is 0.341 e. The zero-order valence-corrected chi connectivity index (χ0v) is 15.3. The van der Waals surface area contributed by atoms with Crippen molar-refractivity contribution in [1.82, 2.24) is 5.32 Å². The van der Waals surface area contributed by atoms with Gasteiger partial charge in [0, 0.05) is 24.6 Å². The molecular formula is C21H22N2O5. The first-order chi connectivity index (χ1) is 13.5. The molecule has 0 aliphatic carbocycles. The highest BCUT2D eigenvalue weighted by atomic mass is 16.5. The third kappa shape index (κ3) is 5.33. The van der Waals surface area contributed by atoms with E-state index in [9.17, 15) is 14.4 Å². The molecule has 7 nitrogen and oxygen atoms in total. The molecule has 1 atom stereocenters. The largest absolute Gasteiger partial charge is 0.482 e. The molecule has 146 valence electrons. The number of nitrogens with one attached hydrogen (secondary N) is 2. The van der Waals surface area contributed by atoms with E-state index in [4.69, 9.17) is 9.84 Å². The summed E-state index contributed by atoms with van der Waals surface area (Å²) in [5.74, 6) is -1.01. The maximum atomic E-state index is 12.2. The second-order valence-electron chi connectivity index (χ2n) is 6.69. The summed E-state index contributed by atoms with van der Waals surface area (Å²) in [5, 5.41) is 14.4. The van der Waals surface area contributed by atoms with Gasteiger partial charge in [0.15, 0.2) is 6.61 Å². The molecule has 1 heterocycles. The molecule has 0 spiro atoms. The van der Waals surface area contributed by atoms with Crippen molar-refractivity contribution in [2.45, 2.75) is 25.8 Å². The number of hydrogen-bond donors (Lipinski definition) is 3. The number of hydrogen-bond acceptors (Lipinski definition) is 4. The smallest absolute Gasteiger partial charge is 0.341 e. The molecule has 2 amide bonds. The minimum atomic E-state index is -1.05. The van der Waals surface area contributed by atoms with Crippen LogP contribution in [0.3, 0.4) is 0 Å². The number of carbonyl (C=O) groups is 3. The quantitative estimate of drug-likeness (QED) is 0.650. The predicted octanol–water partition coefficient (Wildman–Crippen LogP) is 2.36. The summed E-state index contributed by atoms with van der Waals surface area (Å²) < 4.78 is 5.13. The molecule has 0 saturated heterocycles. The highest BCUT2D eigenvalue weighted by molar-refractivity contribution is 5.96. The normalized spacial score (nSPS) is 15.3. The van der Waals surface area contributed by atoms with Crippen LogP contribution in [0, 0.1) is 5.92 Å². The lowest BCUT2D eigenvalue weighted by Gasteiger charge is -2.24. The van der Waals surface area contributed by atoms with E-state index < -0.39 is 12.6 Å². The van der Waals surface area contributed by atoms with Crippen molar-refractivity contribution < 1.29 is 24.2 Å². The zero-order valence-electron chi connectivity index (χ0n) is 15.3. The van der Waals surface area contributed by atoms with Gasteiger partial charge >= 0.3 is 5.97 Å². The average molecular weight is 382 g/mol. The third-order valence-corrected chi connectivity index (χ3v) is 4.58. The van der Waals surface area contributed by atoms with E-state index >= 15 is 0 Å². The Labute approximate surface area is 162 Å². The van der Waals surface area contributed by atoms with Gasteiger partial charge in [0.05, 0.1) is 0 Å². The maximum absolute atomic E-state index is 12.2. The lowest BCUT2D eigenvalue weighted by molar-refractivity contribution is -0.139. The lowest BCUT2D eigenvalue weighted by Crippen LogP contribution is -2.31.